The molecule has 0 fully saturated rings. The summed E-state index contributed by atoms with van der Waals surface area (Å²) in [5.74, 6) is -0.304. The highest BCUT2D eigenvalue weighted by atomic mass is 35.5. The molecule has 5 heteroatoms. The zero-order chi connectivity index (χ0) is 15.9. The van der Waals surface area contributed by atoms with Gasteiger partial charge in [-0.2, -0.15) is 0 Å². The Kier molecular flexibility index (Phi) is 3.79. The Morgan fingerprint density at radius 3 is 2.59 bits per heavy atom. The predicted octanol–water partition coefficient (Wildman–Crippen LogP) is 4.92. The average Bonchev–Trinajstić information content (AvgIpc) is 2.48. The van der Waals surface area contributed by atoms with E-state index in [2.05, 4.69) is 28.8 Å². The van der Waals surface area contributed by atoms with Crippen molar-refractivity contribution in [1.29, 1.82) is 0 Å². The fraction of sp³-hybridized carbons (Fsp3) is 0.235. The van der Waals surface area contributed by atoms with E-state index in [0.29, 0.717) is 5.56 Å². The van der Waals surface area contributed by atoms with Gasteiger partial charge in [0.05, 0.1) is 11.7 Å². The molecule has 2 heterocycles. The van der Waals surface area contributed by atoms with Crippen LogP contribution in [0.15, 0.2) is 30.5 Å². The third kappa shape index (κ3) is 2.44. The van der Waals surface area contributed by atoms with Crippen LogP contribution in [-0.2, 0) is 0 Å². The molecule has 0 unspecified atom stereocenters. The molecule has 112 valence electrons. The summed E-state index contributed by atoms with van der Waals surface area (Å²) in [7, 11) is 0. The second-order valence-corrected chi connectivity index (χ2v) is 5.83. The van der Waals surface area contributed by atoms with Crippen molar-refractivity contribution in [2.75, 3.05) is 0 Å². The number of rotatable bonds is 2. The second kappa shape index (κ2) is 5.61. The van der Waals surface area contributed by atoms with Gasteiger partial charge < -0.3 is 0 Å². The smallest absolute Gasteiger partial charge is 0.223 e. The molecule has 0 atom stereocenters. The Morgan fingerprint density at radius 1 is 1.14 bits per heavy atom. The van der Waals surface area contributed by atoms with Crippen LogP contribution in [0.3, 0.4) is 0 Å². The first-order chi connectivity index (χ1) is 10.5. The highest BCUT2D eigenvalue weighted by Gasteiger charge is 2.21. The summed E-state index contributed by atoms with van der Waals surface area (Å²) < 4.78 is 14.3. The fourth-order valence-corrected chi connectivity index (χ4v) is 2.92. The molecule has 0 aliphatic carbocycles. The molecular weight excluding hydrogens is 301 g/mol. The topological polar surface area (TPSA) is 38.7 Å². The lowest BCUT2D eigenvalue weighted by Crippen LogP contribution is -2.04. The first-order valence-electron chi connectivity index (χ1n) is 7.06. The van der Waals surface area contributed by atoms with Gasteiger partial charge in [-0.25, -0.2) is 14.4 Å². The molecule has 0 saturated heterocycles. The third-order valence-corrected chi connectivity index (χ3v) is 3.82. The zero-order valence-corrected chi connectivity index (χ0v) is 13.3. The predicted molar refractivity (Wildman–Crippen MR) is 86.6 cm³/mol. The van der Waals surface area contributed by atoms with Crippen molar-refractivity contribution in [3.8, 4) is 11.3 Å². The molecule has 3 rings (SSSR count). The SMILES string of the molecule is Cc1nc2ccccc2c(C(C)C)c1-c1nc(Cl)ncc1F. The maximum Gasteiger partial charge on any atom is 0.223 e. The minimum absolute atomic E-state index is 0.0265. The van der Waals surface area contributed by atoms with E-state index < -0.39 is 5.82 Å². The number of hydrogen-bond donors (Lipinski definition) is 0. The van der Waals surface area contributed by atoms with Crippen LogP contribution < -0.4 is 0 Å². The van der Waals surface area contributed by atoms with Gasteiger partial charge in [-0.15, -0.1) is 0 Å². The van der Waals surface area contributed by atoms with Gasteiger partial charge in [-0.1, -0.05) is 32.0 Å². The lowest BCUT2D eigenvalue weighted by Gasteiger charge is -2.18. The number of hydrogen-bond acceptors (Lipinski definition) is 3. The summed E-state index contributed by atoms with van der Waals surface area (Å²) in [5, 5.41) is 1.03. The Labute approximate surface area is 133 Å². The lowest BCUT2D eigenvalue weighted by molar-refractivity contribution is 0.617. The zero-order valence-electron chi connectivity index (χ0n) is 12.6. The van der Waals surface area contributed by atoms with Crippen LogP contribution in [0, 0.1) is 12.7 Å². The van der Waals surface area contributed by atoms with Gasteiger partial charge in [-0.3, -0.25) is 4.98 Å². The number of fused-ring (bicyclic) bond motifs is 1. The standard InChI is InChI=1S/C17H15ClFN3/c1-9(2)14-11-6-4-5-7-13(11)21-10(3)15(14)16-12(19)8-20-17(18)22-16/h4-9H,1-3H3. The monoisotopic (exact) mass is 315 g/mol. The number of benzene rings is 1. The van der Waals surface area contributed by atoms with Crippen LogP contribution in [-0.4, -0.2) is 15.0 Å². The number of pyridine rings is 1. The molecule has 0 saturated carbocycles. The highest BCUT2D eigenvalue weighted by Crippen LogP contribution is 2.36. The third-order valence-electron chi connectivity index (χ3n) is 3.64. The number of halogens is 2. The van der Waals surface area contributed by atoms with E-state index in [1.165, 1.54) is 0 Å². The first-order valence-corrected chi connectivity index (χ1v) is 7.44. The highest BCUT2D eigenvalue weighted by molar-refractivity contribution is 6.28. The van der Waals surface area contributed by atoms with E-state index in [9.17, 15) is 4.39 Å². The van der Waals surface area contributed by atoms with Crippen molar-refractivity contribution in [2.24, 2.45) is 0 Å². The first kappa shape index (κ1) is 14.9. The normalized spacial score (nSPS) is 11.4. The maximum atomic E-state index is 14.3. The largest absolute Gasteiger partial charge is 0.252 e. The molecule has 2 aromatic heterocycles. The molecule has 0 aliphatic heterocycles. The lowest BCUT2D eigenvalue weighted by atomic mass is 9.90. The Balaban J connectivity index is 2.45. The molecule has 0 radical (unpaired) electrons. The van der Waals surface area contributed by atoms with Crippen LogP contribution in [0.25, 0.3) is 22.2 Å². The van der Waals surface area contributed by atoms with Crippen LogP contribution in [0.2, 0.25) is 5.28 Å². The Morgan fingerprint density at radius 2 is 1.86 bits per heavy atom. The van der Waals surface area contributed by atoms with E-state index in [-0.39, 0.29) is 16.9 Å². The van der Waals surface area contributed by atoms with E-state index in [4.69, 9.17) is 11.6 Å². The van der Waals surface area contributed by atoms with Gasteiger partial charge in [-0.05, 0) is 36.1 Å². The van der Waals surface area contributed by atoms with Gasteiger partial charge in [0.1, 0.15) is 5.69 Å². The van der Waals surface area contributed by atoms with Gasteiger partial charge in [0.15, 0.2) is 5.82 Å². The van der Waals surface area contributed by atoms with Crippen molar-refractivity contribution in [1.82, 2.24) is 15.0 Å². The van der Waals surface area contributed by atoms with Crippen molar-refractivity contribution >= 4 is 22.5 Å². The average molecular weight is 316 g/mol. The number of nitrogens with zero attached hydrogens (tertiary/aromatic N) is 3. The Hall–Kier alpha value is -2.07. The van der Waals surface area contributed by atoms with Gasteiger partial charge in [0.2, 0.25) is 5.28 Å². The number of aromatic nitrogens is 3. The van der Waals surface area contributed by atoms with Crippen LogP contribution in [0.4, 0.5) is 4.39 Å². The van der Waals surface area contributed by atoms with E-state index in [0.717, 1.165) is 28.4 Å². The minimum atomic E-state index is -0.494. The molecule has 0 aliphatic rings. The maximum absolute atomic E-state index is 14.3. The molecule has 0 amide bonds. The summed E-state index contributed by atoms with van der Waals surface area (Å²) in [6, 6.07) is 7.86. The summed E-state index contributed by atoms with van der Waals surface area (Å²) in [5.41, 5.74) is 3.57. The molecule has 0 N–H and O–H groups in total. The van der Waals surface area contributed by atoms with Crippen molar-refractivity contribution in [2.45, 2.75) is 26.7 Å². The van der Waals surface area contributed by atoms with Crippen molar-refractivity contribution in [3.05, 3.63) is 52.8 Å². The summed E-state index contributed by atoms with van der Waals surface area (Å²) in [6.07, 6.45) is 1.10. The van der Waals surface area contributed by atoms with Crippen molar-refractivity contribution < 1.29 is 4.39 Å². The molecule has 22 heavy (non-hydrogen) atoms. The second-order valence-electron chi connectivity index (χ2n) is 5.49. The minimum Gasteiger partial charge on any atom is -0.252 e. The number of aryl methyl sites for hydroxylation is 1. The van der Waals surface area contributed by atoms with Crippen LogP contribution >= 0.6 is 11.6 Å². The summed E-state index contributed by atoms with van der Waals surface area (Å²) >= 11 is 5.86. The van der Waals surface area contributed by atoms with Crippen LogP contribution in [0.5, 0.6) is 0 Å². The fourth-order valence-electron chi connectivity index (χ4n) is 2.78. The van der Waals surface area contributed by atoms with Crippen molar-refractivity contribution in [3.63, 3.8) is 0 Å². The van der Waals surface area contributed by atoms with E-state index in [1.807, 2.05) is 31.2 Å². The molecular formula is C17H15ClFN3. The Bertz CT molecular complexity index is 862. The van der Waals surface area contributed by atoms with Gasteiger partial charge in [0, 0.05) is 16.6 Å². The molecule has 3 nitrogen and oxygen atoms in total. The van der Waals surface area contributed by atoms with Crippen LogP contribution in [0.1, 0.15) is 31.0 Å². The molecule has 1 aromatic carbocycles. The van der Waals surface area contributed by atoms with Gasteiger partial charge >= 0.3 is 0 Å². The quantitative estimate of drug-likeness (QED) is 0.630. The molecule has 0 bridgehead atoms. The molecule has 3 aromatic rings. The number of para-hydroxylation sites is 1. The van der Waals surface area contributed by atoms with E-state index in [1.54, 1.807) is 0 Å². The summed E-state index contributed by atoms with van der Waals surface area (Å²) in [4.78, 5) is 12.4. The van der Waals surface area contributed by atoms with Gasteiger partial charge in [0.25, 0.3) is 0 Å². The molecule has 0 spiro atoms. The summed E-state index contributed by atoms with van der Waals surface area (Å²) in [6.45, 7) is 6.01. The van der Waals surface area contributed by atoms with E-state index >= 15 is 0 Å².